The molecule has 0 radical (unpaired) electrons. The van der Waals surface area contributed by atoms with Crippen molar-refractivity contribution in [1.29, 1.82) is 0 Å². The average molecular weight is 320 g/mol. The molecule has 2 aromatic carbocycles. The van der Waals surface area contributed by atoms with Gasteiger partial charge in [-0.2, -0.15) is 13.2 Å². The number of alkyl halides is 3. The first-order chi connectivity index (χ1) is 11.0. The fourth-order valence-electron chi connectivity index (χ4n) is 2.98. The van der Waals surface area contributed by atoms with E-state index >= 15 is 0 Å². The third-order valence-electron chi connectivity index (χ3n) is 4.21. The molecule has 0 unspecified atom stereocenters. The lowest BCUT2D eigenvalue weighted by Gasteiger charge is -2.36. The molecule has 1 aliphatic heterocycles. The summed E-state index contributed by atoms with van der Waals surface area (Å²) in [5, 5.41) is 0. The van der Waals surface area contributed by atoms with Crippen LogP contribution in [-0.2, 0) is 12.7 Å². The minimum Gasteiger partial charge on any atom is -0.369 e. The Morgan fingerprint density at radius 2 is 1.39 bits per heavy atom. The van der Waals surface area contributed by atoms with Gasteiger partial charge in [0.1, 0.15) is 0 Å². The topological polar surface area (TPSA) is 6.48 Å². The van der Waals surface area contributed by atoms with Gasteiger partial charge in [-0.3, -0.25) is 4.90 Å². The van der Waals surface area contributed by atoms with Crippen LogP contribution in [0, 0.1) is 0 Å². The van der Waals surface area contributed by atoms with Gasteiger partial charge in [-0.15, -0.1) is 0 Å². The highest BCUT2D eigenvalue weighted by atomic mass is 19.4. The van der Waals surface area contributed by atoms with Crippen LogP contribution in [0.5, 0.6) is 0 Å². The van der Waals surface area contributed by atoms with Crippen LogP contribution in [0.3, 0.4) is 0 Å². The fraction of sp³-hybridized carbons (Fsp3) is 0.333. The molecule has 0 aliphatic carbocycles. The first-order valence-corrected chi connectivity index (χ1v) is 7.71. The number of hydrogen-bond donors (Lipinski definition) is 0. The predicted molar refractivity (Wildman–Crippen MR) is 85.4 cm³/mol. The maximum Gasteiger partial charge on any atom is 0.416 e. The Morgan fingerprint density at radius 3 is 2.04 bits per heavy atom. The molecule has 0 amide bonds. The van der Waals surface area contributed by atoms with Crippen molar-refractivity contribution in [2.24, 2.45) is 0 Å². The van der Waals surface area contributed by atoms with E-state index in [1.54, 1.807) is 12.1 Å². The summed E-state index contributed by atoms with van der Waals surface area (Å²) in [5.41, 5.74) is 1.00. The maximum absolute atomic E-state index is 13.1. The number of nitrogens with zero attached hydrogens (tertiary/aromatic N) is 2. The van der Waals surface area contributed by atoms with Crippen LogP contribution < -0.4 is 4.90 Å². The summed E-state index contributed by atoms with van der Waals surface area (Å²) in [6.07, 6.45) is -4.29. The van der Waals surface area contributed by atoms with Gasteiger partial charge in [-0.05, 0) is 23.8 Å². The standard InChI is InChI=1S/C18H19F3N2/c19-18(20,21)17-9-5-4-6-15(17)14-22-10-12-23(13-11-22)16-7-2-1-3-8-16/h1-9H,10-14H2. The Balaban J connectivity index is 1.64. The molecule has 1 heterocycles. The number of piperazine rings is 1. The zero-order chi connectivity index (χ0) is 16.3. The summed E-state index contributed by atoms with van der Waals surface area (Å²) in [5.74, 6) is 0. The van der Waals surface area contributed by atoms with E-state index in [1.807, 2.05) is 18.2 Å². The minimum atomic E-state index is -4.29. The van der Waals surface area contributed by atoms with E-state index in [2.05, 4.69) is 21.9 Å². The second-order valence-corrected chi connectivity index (χ2v) is 5.75. The molecule has 5 heteroatoms. The molecule has 2 nitrogen and oxygen atoms in total. The smallest absolute Gasteiger partial charge is 0.369 e. The highest BCUT2D eigenvalue weighted by Gasteiger charge is 2.33. The van der Waals surface area contributed by atoms with Crippen LogP contribution in [0.4, 0.5) is 18.9 Å². The van der Waals surface area contributed by atoms with Gasteiger partial charge in [0.2, 0.25) is 0 Å². The van der Waals surface area contributed by atoms with Crippen LogP contribution in [0.25, 0.3) is 0 Å². The van der Waals surface area contributed by atoms with E-state index in [1.165, 1.54) is 11.8 Å². The Hall–Kier alpha value is -2.01. The molecule has 1 aliphatic rings. The largest absolute Gasteiger partial charge is 0.416 e. The van der Waals surface area contributed by atoms with E-state index < -0.39 is 11.7 Å². The Bertz CT molecular complexity index is 632. The molecular formula is C18H19F3N2. The molecule has 1 fully saturated rings. The quantitative estimate of drug-likeness (QED) is 0.842. The van der Waals surface area contributed by atoms with Crippen LogP contribution in [0.15, 0.2) is 54.6 Å². The first-order valence-electron chi connectivity index (χ1n) is 7.71. The summed E-state index contributed by atoms with van der Waals surface area (Å²) in [4.78, 5) is 4.36. The van der Waals surface area contributed by atoms with Crippen molar-refractivity contribution in [3.63, 3.8) is 0 Å². The van der Waals surface area contributed by atoms with Gasteiger partial charge in [0, 0.05) is 38.4 Å². The van der Waals surface area contributed by atoms with Crippen LogP contribution in [0.2, 0.25) is 0 Å². The lowest BCUT2D eigenvalue weighted by molar-refractivity contribution is -0.138. The zero-order valence-electron chi connectivity index (χ0n) is 12.8. The molecule has 3 rings (SSSR count). The second kappa shape index (κ2) is 6.62. The summed E-state index contributed by atoms with van der Waals surface area (Å²) < 4.78 is 39.2. The number of anilines is 1. The van der Waals surface area contributed by atoms with Gasteiger partial charge in [0.25, 0.3) is 0 Å². The highest BCUT2D eigenvalue weighted by molar-refractivity contribution is 5.46. The Kier molecular flexibility index (Phi) is 4.57. The molecular weight excluding hydrogens is 301 g/mol. The van der Waals surface area contributed by atoms with Gasteiger partial charge >= 0.3 is 6.18 Å². The SMILES string of the molecule is FC(F)(F)c1ccccc1CN1CCN(c2ccccc2)CC1. The van der Waals surface area contributed by atoms with E-state index in [9.17, 15) is 13.2 Å². The van der Waals surface area contributed by atoms with Crippen LogP contribution in [0.1, 0.15) is 11.1 Å². The second-order valence-electron chi connectivity index (χ2n) is 5.75. The summed E-state index contributed by atoms with van der Waals surface area (Å²) >= 11 is 0. The van der Waals surface area contributed by atoms with E-state index in [0.29, 0.717) is 12.1 Å². The van der Waals surface area contributed by atoms with Crippen molar-refractivity contribution in [1.82, 2.24) is 4.90 Å². The van der Waals surface area contributed by atoms with Crippen molar-refractivity contribution in [2.75, 3.05) is 31.1 Å². The number of halogens is 3. The third kappa shape index (κ3) is 3.85. The van der Waals surface area contributed by atoms with Crippen molar-refractivity contribution < 1.29 is 13.2 Å². The van der Waals surface area contributed by atoms with Gasteiger partial charge in [-0.1, -0.05) is 36.4 Å². The predicted octanol–water partition coefficient (Wildman–Crippen LogP) is 4.03. The zero-order valence-corrected chi connectivity index (χ0v) is 12.8. The summed E-state index contributed by atoms with van der Waals surface area (Å²) in [7, 11) is 0. The summed E-state index contributed by atoms with van der Waals surface area (Å²) in [6, 6.07) is 16.0. The van der Waals surface area contributed by atoms with Gasteiger partial charge < -0.3 is 4.90 Å². The molecule has 1 saturated heterocycles. The molecule has 23 heavy (non-hydrogen) atoms. The molecule has 122 valence electrons. The van der Waals surface area contributed by atoms with Crippen LogP contribution >= 0.6 is 0 Å². The molecule has 0 aromatic heterocycles. The normalized spacial score (nSPS) is 16.6. The lowest BCUT2D eigenvalue weighted by atomic mass is 10.1. The van der Waals surface area contributed by atoms with Crippen LogP contribution in [-0.4, -0.2) is 31.1 Å². The average Bonchev–Trinajstić information content (AvgIpc) is 2.56. The van der Waals surface area contributed by atoms with E-state index in [-0.39, 0.29) is 0 Å². The molecule has 0 atom stereocenters. The minimum absolute atomic E-state index is 0.346. The number of hydrogen-bond acceptors (Lipinski definition) is 2. The van der Waals surface area contributed by atoms with Crippen molar-refractivity contribution in [2.45, 2.75) is 12.7 Å². The van der Waals surface area contributed by atoms with Crippen molar-refractivity contribution >= 4 is 5.69 Å². The van der Waals surface area contributed by atoms with Gasteiger partial charge in [-0.25, -0.2) is 0 Å². The number of rotatable bonds is 3. The Labute approximate surface area is 134 Å². The van der Waals surface area contributed by atoms with Crippen molar-refractivity contribution in [3.8, 4) is 0 Å². The van der Waals surface area contributed by atoms with Crippen molar-refractivity contribution in [3.05, 3.63) is 65.7 Å². The third-order valence-corrected chi connectivity index (χ3v) is 4.21. The number of benzene rings is 2. The Morgan fingerprint density at radius 1 is 0.783 bits per heavy atom. The first kappa shape index (κ1) is 15.9. The van der Waals surface area contributed by atoms with E-state index in [0.717, 1.165) is 32.2 Å². The van der Waals surface area contributed by atoms with E-state index in [4.69, 9.17) is 0 Å². The number of para-hydroxylation sites is 1. The molecule has 0 N–H and O–H groups in total. The lowest BCUT2D eigenvalue weighted by Crippen LogP contribution is -2.46. The van der Waals surface area contributed by atoms with Gasteiger partial charge in [0.05, 0.1) is 5.56 Å². The van der Waals surface area contributed by atoms with Gasteiger partial charge in [0.15, 0.2) is 0 Å². The summed E-state index contributed by atoms with van der Waals surface area (Å²) in [6.45, 7) is 3.54. The maximum atomic E-state index is 13.1. The molecule has 0 spiro atoms. The molecule has 0 bridgehead atoms. The fourth-order valence-corrected chi connectivity index (χ4v) is 2.98. The monoisotopic (exact) mass is 320 g/mol. The molecule has 2 aromatic rings. The highest BCUT2D eigenvalue weighted by Crippen LogP contribution is 2.32. The molecule has 0 saturated carbocycles.